The van der Waals surface area contributed by atoms with Crippen LogP contribution in [0, 0.1) is 20.2 Å². The summed E-state index contributed by atoms with van der Waals surface area (Å²) in [6.45, 7) is 0. The van der Waals surface area contributed by atoms with Crippen LogP contribution in [0.1, 0.15) is 25.7 Å². The van der Waals surface area contributed by atoms with Crippen LogP contribution in [0.25, 0.3) is 0 Å². The fourth-order valence-electron chi connectivity index (χ4n) is 2.21. The molecule has 8 heteroatoms. The molecular formula is C12H13ClN2O4S. The highest BCUT2D eigenvalue weighted by Crippen LogP contribution is 2.41. The second kappa shape index (κ2) is 6.41. The standard InChI is InChI=1S/C12H13ClN2O4S/c13-9-3-1-2-4-11(9)20-12-6-5-8(14(16)17)7-10(12)15(18)19/h5-7,9,11H,1-4H2. The van der Waals surface area contributed by atoms with Crippen LogP contribution in [0.4, 0.5) is 11.4 Å². The molecule has 0 amide bonds. The molecule has 0 radical (unpaired) electrons. The third-order valence-corrected chi connectivity index (χ3v) is 5.39. The van der Waals surface area contributed by atoms with Crippen LogP contribution in [-0.4, -0.2) is 20.5 Å². The van der Waals surface area contributed by atoms with Gasteiger partial charge in [-0.15, -0.1) is 23.4 Å². The van der Waals surface area contributed by atoms with E-state index in [1.807, 2.05) is 0 Å². The molecule has 1 saturated carbocycles. The largest absolute Gasteiger partial charge is 0.289 e. The van der Waals surface area contributed by atoms with E-state index >= 15 is 0 Å². The number of nitrogens with zero attached hydrogens (tertiary/aromatic N) is 2. The average molecular weight is 317 g/mol. The summed E-state index contributed by atoms with van der Waals surface area (Å²) in [6, 6.07) is 3.74. The predicted octanol–water partition coefficient (Wildman–Crippen LogP) is 4.15. The third-order valence-electron chi connectivity index (χ3n) is 3.25. The number of non-ortho nitro benzene ring substituents is 1. The Hall–Kier alpha value is -1.34. The summed E-state index contributed by atoms with van der Waals surface area (Å²) >= 11 is 7.60. The molecule has 1 aliphatic carbocycles. The highest BCUT2D eigenvalue weighted by Gasteiger charge is 2.28. The average Bonchev–Trinajstić information content (AvgIpc) is 2.41. The van der Waals surface area contributed by atoms with E-state index in [0.717, 1.165) is 31.7 Å². The lowest BCUT2D eigenvalue weighted by Crippen LogP contribution is -2.22. The normalized spacial score (nSPS) is 22.4. The molecule has 1 aromatic rings. The van der Waals surface area contributed by atoms with Crippen LogP contribution in [0.5, 0.6) is 0 Å². The summed E-state index contributed by atoms with van der Waals surface area (Å²) in [5.41, 5.74) is -0.495. The molecule has 2 atom stereocenters. The van der Waals surface area contributed by atoms with E-state index in [2.05, 4.69) is 0 Å². The molecule has 0 aliphatic heterocycles. The van der Waals surface area contributed by atoms with E-state index in [4.69, 9.17) is 11.6 Å². The smallest absolute Gasteiger partial charge is 0.258 e. The van der Waals surface area contributed by atoms with Crippen LogP contribution in [0.3, 0.4) is 0 Å². The van der Waals surface area contributed by atoms with Crippen molar-refractivity contribution in [3.05, 3.63) is 38.4 Å². The maximum absolute atomic E-state index is 11.1. The van der Waals surface area contributed by atoms with Crippen molar-refractivity contribution >= 4 is 34.7 Å². The number of alkyl halides is 1. The Morgan fingerprint density at radius 3 is 2.45 bits per heavy atom. The summed E-state index contributed by atoms with van der Waals surface area (Å²) in [5, 5.41) is 21.8. The summed E-state index contributed by atoms with van der Waals surface area (Å²) in [4.78, 5) is 21.0. The Kier molecular flexibility index (Phi) is 4.82. The number of nitro groups is 2. The SMILES string of the molecule is O=[N+]([O-])c1ccc(SC2CCCCC2Cl)c([N+](=O)[O-])c1. The van der Waals surface area contributed by atoms with Gasteiger partial charge in [0, 0.05) is 16.7 Å². The van der Waals surface area contributed by atoms with Crippen molar-refractivity contribution in [2.24, 2.45) is 0 Å². The van der Waals surface area contributed by atoms with Crippen molar-refractivity contribution < 1.29 is 9.85 Å². The van der Waals surface area contributed by atoms with Gasteiger partial charge in [-0.3, -0.25) is 20.2 Å². The highest BCUT2D eigenvalue weighted by atomic mass is 35.5. The second-order valence-corrected chi connectivity index (χ2v) is 6.46. The highest BCUT2D eigenvalue weighted by molar-refractivity contribution is 8.00. The van der Waals surface area contributed by atoms with Gasteiger partial charge in [0.15, 0.2) is 0 Å². The van der Waals surface area contributed by atoms with Gasteiger partial charge in [-0.25, -0.2) is 0 Å². The first-order valence-corrected chi connectivity index (χ1v) is 7.54. The number of rotatable bonds is 4. The molecule has 0 spiro atoms. The Balaban J connectivity index is 2.26. The van der Waals surface area contributed by atoms with Crippen molar-refractivity contribution in [3.8, 4) is 0 Å². The zero-order valence-corrected chi connectivity index (χ0v) is 12.1. The monoisotopic (exact) mass is 316 g/mol. The van der Waals surface area contributed by atoms with Gasteiger partial charge in [-0.1, -0.05) is 12.8 Å². The van der Waals surface area contributed by atoms with Gasteiger partial charge >= 0.3 is 0 Å². The minimum atomic E-state index is -0.633. The summed E-state index contributed by atoms with van der Waals surface area (Å²) in [7, 11) is 0. The van der Waals surface area contributed by atoms with Gasteiger partial charge in [0.1, 0.15) is 0 Å². The summed E-state index contributed by atoms with van der Waals surface area (Å²) in [6.07, 6.45) is 3.95. The zero-order chi connectivity index (χ0) is 14.7. The fraction of sp³-hybridized carbons (Fsp3) is 0.500. The number of halogens is 1. The maximum atomic E-state index is 11.1. The summed E-state index contributed by atoms with van der Waals surface area (Å²) < 4.78 is 0. The zero-order valence-electron chi connectivity index (χ0n) is 10.5. The topological polar surface area (TPSA) is 86.3 Å². The first-order valence-electron chi connectivity index (χ1n) is 6.22. The van der Waals surface area contributed by atoms with Crippen molar-refractivity contribution in [2.45, 2.75) is 41.2 Å². The van der Waals surface area contributed by atoms with Gasteiger partial charge < -0.3 is 0 Å². The first kappa shape index (κ1) is 15.1. The second-order valence-electron chi connectivity index (χ2n) is 4.62. The van der Waals surface area contributed by atoms with Crippen LogP contribution in [0.15, 0.2) is 23.1 Å². The molecule has 108 valence electrons. The van der Waals surface area contributed by atoms with Gasteiger partial charge in [0.25, 0.3) is 11.4 Å². The number of benzene rings is 1. The van der Waals surface area contributed by atoms with E-state index < -0.39 is 9.85 Å². The van der Waals surface area contributed by atoms with Crippen LogP contribution in [-0.2, 0) is 0 Å². The minimum absolute atomic E-state index is 0.0106. The lowest BCUT2D eigenvalue weighted by molar-refractivity contribution is -0.396. The van der Waals surface area contributed by atoms with Crippen molar-refractivity contribution in [1.29, 1.82) is 0 Å². The van der Waals surface area contributed by atoms with E-state index in [1.54, 1.807) is 0 Å². The lowest BCUT2D eigenvalue weighted by Gasteiger charge is -2.26. The van der Waals surface area contributed by atoms with Crippen LogP contribution in [0.2, 0.25) is 0 Å². The molecule has 0 N–H and O–H groups in total. The molecule has 0 heterocycles. The molecule has 0 bridgehead atoms. The molecule has 0 saturated heterocycles. The van der Waals surface area contributed by atoms with Crippen molar-refractivity contribution in [1.82, 2.24) is 0 Å². The van der Waals surface area contributed by atoms with Crippen LogP contribution < -0.4 is 0 Å². The van der Waals surface area contributed by atoms with Gasteiger partial charge in [-0.2, -0.15) is 0 Å². The third kappa shape index (κ3) is 3.40. The number of hydrogen-bond acceptors (Lipinski definition) is 5. The molecule has 0 aromatic heterocycles. The molecule has 1 fully saturated rings. The first-order chi connectivity index (χ1) is 9.49. The lowest BCUT2D eigenvalue weighted by atomic mass is 10.00. The number of thioether (sulfide) groups is 1. The Morgan fingerprint density at radius 1 is 1.15 bits per heavy atom. The van der Waals surface area contributed by atoms with E-state index in [-0.39, 0.29) is 22.0 Å². The van der Waals surface area contributed by atoms with E-state index in [0.29, 0.717) is 4.90 Å². The quantitative estimate of drug-likeness (QED) is 0.473. The number of nitro benzene ring substituents is 2. The van der Waals surface area contributed by atoms with Crippen LogP contribution >= 0.6 is 23.4 Å². The predicted molar refractivity (Wildman–Crippen MR) is 77.5 cm³/mol. The summed E-state index contributed by atoms with van der Waals surface area (Å²) in [5.74, 6) is 0. The fourth-order valence-corrected chi connectivity index (χ4v) is 3.94. The maximum Gasteiger partial charge on any atom is 0.289 e. The van der Waals surface area contributed by atoms with Crippen molar-refractivity contribution in [2.75, 3.05) is 0 Å². The van der Waals surface area contributed by atoms with Crippen molar-refractivity contribution in [3.63, 3.8) is 0 Å². The molecule has 2 rings (SSSR count). The molecule has 20 heavy (non-hydrogen) atoms. The van der Waals surface area contributed by atoms with Gasteiger partial charge in [0.05, 0.1) is 20.8 Å². The Bertz CT molecular complexity index is 540. The molecule has 1 aliphatic rings. The minimum Gasteiger partial charge on any atom is -0.258 e. The number of hydrogen-bond donors (Lipinski definition) is 0. The molecular weight excluding hydrogens is 304 g/mol. The van der Waals surface area contributed by atoms with E-state index in [1.165, 1.54) is 23.9 Å². The molecule has 2 unspecified atom stereocenters. The van der Waals surface area contributed by atoms with Gasteiger partial charge in [0.2, 0.25) is 0 Å². The Labute approximate surface area is 124 Å². The molecule has 1 aromatic carbocycles. The Morgan fingerprint density at radius 2 is 1.85 bits per heavy atom. The van der Waals surface area contributed by atoms with Gasteiger partial charge in [-0.05, 0) is 18.9 Å². The molecule has 6 nitrogen and oxygen atoms in total. The van der Waals surface area contributed by atoms with E-state index in [9.17, 15) is 20.2 Å².